The molecule has 0 aliphatic carbocycles. The van der Waals surface area contributed by atoms with E-state index in [1.165, 1.54) is 0 Å². The molecule has 0 aliphatic rings. The molecule has 0 fully saturated rings. The van der Waals surface area contributed by atoms with Gasteiger partial charge in [0.05, 0.1) is 5.69 Å². The van der Waals surface area contributed by atoms with Gasteiger partial charge in [0.25, 0.3) is 5.91 Å². The molecule has 2 rings (SSSR count). The summed E-state index contributed by atoms with van der Waals surface area (Å²) < 4.78 is 4.89. The van der Waals surface area contributed by atoms with E-state index in [-0.39, 0.29) is 23.5 Å². The first-order valence-electron chi connectivity index (χ1n) is 7.07. The fourth-order valence-electron chi connectivity index (χ4n) is 1.73. The Morgan fingerprint density at radius 1 is 1.23 bits per heavy atom. The van der Waals surface area contributed by atoms with E-state index in [4.69, 9.17) is 4.52 Å². The van der Waals surface area contributed by atoms with E-state index in [1.54, 1.807) is 25.1 Å². The third kappa shape index (κ3) is 4.18. The zero-order valence-corrected chi connectivity index (χ0v) is 12.8. The lowest BCUT2D eigenvalue weighted by Crippen LogP contribution is -2.22. The van der Waals surface area contributed by atoms with Crippen LogP contribution in [-0.4, -0.2) is 17.0 Å². The van der Waals surface area contributed by atoms with Gasteiger partial charge in [0.15, 0.2) is 0 Å². The Kier molecular flexibility index (Phi) is 4.93. The molecule has 1 aromatic heterocycles. The number of anilines is 1. The van der Waals surface area contributed by atoms with E-state index in [9.17, 15) is 9.59 Å². The van der Waals surface area contributed by atoms with Crippen LogP contribution in [0.3, 0.4) is 0 Å². The summed E-state index contributed by atoms with van der Waals surface area (Å²) in [5.41, 5.74) is 2.32. The van der Waals surface area contributed by atoms with Gasteiger partial charge in [-0.3, -0.25) is 9.59 Å². The number of hydrogen-bond donors (Lipinski definition) is 2. The first-order chi connectivity index (χ1) is 10.5. The van der Waals surface area contributed by atoms with Crippen LogP contribution in [0.1, 0.15) is 35.7 Å². The zero-order chi connectivity index (χ0) is 16.1. The molecule has 116 valence electrons. The molecule has 2 N–H and O–H groups in total. The fraction of sp³-hybridized carbons (Fsp3) is 0.312. The molecule has 6 nitrogen and oxygen atoms in total. The Hall–Kier alpha value is -2.63. The molecule has 0 saturated carbocycles. The van der Waals surface area contributed by atoms with E-state index >= 15 is 0 Å². The van der Waals surface area contributed by atoms with Gasteiger partial charge in [-0.15, -0.1) is 0 Å². The Morgan fingerprint density at radius 3 is 2.45 bits per heavy atom. The minimum Gasteiger partial charge on any atom is -0.351 e. The molecule has 0 aliphatic heterocycles. The van der Waals surface area contributed by atoms with Crippen LogP contribution in [0, 0.1) is 12.8 Å². The van der Waals surface area contributed by atoms with Crippen molar-refractivity contribution in [2.45, 2.75) is 27.3 Å². The largest absolute Gasteiger partial charge is 0.351 e. The highest BCUT2D eigenvalue weighted by Gasteiger charge is 2.11. The van der Waals surface area contributed by atoms with Crippen molar-refractivity contribution < 1.29 is 14.1 Å². The molecular formula is C16H19N3O3. The predicted octanol–water partition coefficient (Wildman–Crippen LogP) is 2.51. The van der Waals surface area contributed by atoms with Crippen LogP contribution in [0.5, 0.6) is 0 Å². The third-order valence-electron chi connectivity index (χ3n) is 3.05. The van der Waals surface area contributed by atoms with Crippen molar-refractivity contribution in [3.63, 3.8) is 0 Å². The average Bonchev–Trinajstić information content (AvgIpc) is 2.92. The maximum atomic E-state index is 11.8. The summed E-state index contributed by atoms with van der Waals surface area (Å²) in [6.07, 6.45) is 0. The first-order valence-corrected chi connectivity index (χ1v) is 7.07. The van der Waals surface area contributed by atoms with E-state index in [0.29, 0.717) is 12.2 Å². The predicted molar refractivity (Wildman–Crippen MR) is 82.3 cm³/mol. The monoisotopic (exact) mass is 301 g/mol. The van der Waals surface area contributed by atoms with Crippen molar-refractivity contribution in [3.8, 4) is 0 Å². The van der Waals surface area contributed by atoms with E-state index < -0.39 is 0 Å². The maximum Gasteiger partial charge on any atom is 0.290 e. The average molecular weight is 301 g/mol. The number of carbonyl (C=O) groups excluding carboxylic acids is 2. The molecule has 1 heterocycles. The van der Waals surface area contributed by atoms with Crippen LogP contribution in [-0.2, 0) is 11.3 Å². The molecule has 2 amide bonds. The second-order valence-corrected chi connectivity index (χ2v) is 5.36. The lowest BCUT2D eigenvalue weighted by molar-refractivity contribution is -0.118. The zero-order valence-electron chi connectivity index (χ0n) is 12.8. The van der Waals surface area contributed by atoms with Crippen LogP contribution < -0.4 is 10.6 Å². The van der Waals surface area contributed by atoms with Gasteiger partial charge in [-0.1, -0.05) is 31.1 Å². The number of aryl methyl sites for hydroxylation is 1. The summed E-state index contributed by atoms with van der Waals surface area (Å²) in [4.78, 5) is 23.4. The van der Waals surface area contributed by atoms with Crippen LogP contribution in [0.25, 0.3) is 0 Å². The number of nitrogens with zero attached hydrogens (tertiary/aromatic N) is 1. The number of amides is 2. The molecule has 0 unspecified atom stereocenters. The Morgan fingerprint density at radius 2 is 1.91 bits per heavy atom. The molecule has 0 saturated heterocycles. The highest BCUT2D eigenvalue weighted by molar-refractivity contribution is 5.92. The topological polar surface area (TPSA) is 84.2 Å². The Labute approximate surface area is 128 Å². The number of benzene rings is 1. The van der Waals surface area contributed by atoms with Crippen molar-refractivity contribution in [1.29, 1.82) is 0 Å². The van der Waals surface area contributed by atoms with Crippen molar-refractivity contribution in [2.75, 3.05) is 5.32 Å². The second kappa shape index (κ2) is 6.89. The number of nitrogens with one attached hydrogen (secondary N) is 2. The maximum absolute atomic E-state index is 11.8. The smallest absolute Gasteiger partial charge is 0.290 e. The summed E-state index contributed by atoms with van der Waals surface area (Å²) in [6.45, 7) is 5.80. The number of carbonyl (C=O) groups is 2. The van der Waals surface area contributed by atoms with Crippen LogP contribution in [0.2, 0.25) is 0 Å². The molecule has 6 heteroatoms. The fourth-order valence-corrected chi connectivity index (χ4v) is 1.73. The van der Waals surface area contributed by atoms with E-state index in [2.05, 4.69) is 15.8 Å². The van der Waals surface area contributed by atoms with Crippen molar-refractivity contribution in [3.05, 3.63) is 47.3 Å². The van der Waals surface area contributed by atoms with Gasteiger partial charge in [0.2, 0.25) is 11.7 Å². The van der Waals surface area contributed by atoms with Gasteiger partial charge in [0.1, 0.15) is 0 Å². The summed E-state index contributed by atoms with van der Waals surface area (Å²) in [6, 6.07) is 8.89. The van der Waals surface area contributed by atoms with Crippen LogP contribution >= 0.6 is 0 Å². The quantitative estimate of drug-likeness (QED) is 0.888. The molecule has 22 heavy (non-hydrogen) atoms. The summed E-state index contributed by atoms with van der Waals surface area (Å²) in [5.74, 6) is -0.206. The molecular weight excluding hydrogens is 282 g/mol. The number of hydrogen-bond acceptors (Lipinski definition) is 4. The summed E-state index contributed by atoms with van der Waals surface area (Å²) in [5, 5.41) is 9.23. The normalized spacial score (nSPS) is 10.5. The van der Waals surface area contributed by atoms with Gasteiger partial charge in [0, 0.05) is 24.2 Å². The lowest BCUT2D eigenvalue weighted by Gasteiger charge is -2.08. The Bertz CT molecular complexity index is 660. The van der Waals surface area contributed by atoms with Gasteiger partial charge in [-0.05, 0) is 24.6 Å². The molecule has 0 spiro atoms. The molecule has 0 atom stereocenters. The third-order valence-corrected chi connectivity index (χ3v) is 3.05. The molecule has 1 aromatic carbocycles. The van der Waals surface area contributed by atoms with E-state index in [1.807, 2.05) is 26.0 Å². The van der Waals surface area contributed by atoms with Gasteiger partial charge >= 0.3 is 0 Å². The van der Waals surface area contributed by atoms with Crippen molar-refractivity contribution in [2.24, 2.45) is 5.92 Å². The van der Waals surface area contributed by atoms with Gasteiger partial charge in [-0.25, -0.2) is 0 Å². The standard InChI is InChI=1S/C16H19N3O3/c1-10(2)15(20)18-13-6-4-12(5-7-13)9-17-16(21)14-8-11(3)19-22-14/h4-8,10H,9H2,1-3H3,(H,17,21)(H,18,20). The van der Waals surface area contributed by atoms with E-state index in [0.717, 1.165) is 11.3 Å². The highest BCUT2D eigenvalue weighted by Crippen LogP contribution is 2.11. The molecule has 0 radical (unpaired) electrons. The number of aromatic nitrogens is 1. The SMILES string of the molecule is Cc1cc(C(=O)NCc2ccc(NC(=O)C(C)C)cc2)on1. The van der Waals surface area contributed by atoms with Crippen LogP contribution in [0.4, 0.5) is 5.69 Å². The molecule has 0 bridgehead atoms. The lowest BCUT2D eigenvalue weighted by atomic mass is 10.1. The first kappa shape index (κ1) is 15.8. The summed E-state index contributed by atoms with van der Waals surface area (Å²) >= 11 is 0. The minimum atomic E-state index is -0.308. The summed E-state index contributed by atoms with van der Waals surface area (Å²) in [7, 11) is 0. The number of rotatable bonds is 5. The second-order valence-electron chi connectivity index (χ2n) is 5.36. The molecule has 2 aromatic rings. The minimum absolute atomic E-state index is 0.0262. The van der Waals surface area contributed by atoms with Gasteiger partial charge < -0.3 is 15.2 Å². The Balaban J connectivity index is 1.89. The highest BCUT2D eigenvalue weighted by atomic mass is 16.5. The van der Waals surface area contributed by atoms with Crippen molar-refractivity contribution in [1.82, 2.24) is 10.5 Å². The van der Waals surface area contributed by atoms with Crippen LogP contribution in [0.15, 0.2) is 34.9 Å². The van der Waals surface area contributed by atoms with Crippen molar-refractivity contribution >= 4 is 17.5 Å². The van der Waals surface area contributed by atoms with Gasteiger partial charge in [-0.2, -0.15) is 0 Å².